The van der Waals surface area contributed by atoms with E-state index in [4.69, 9.17) is 46.4 Å². The lowest BCUT2D eigenvalue weighted by Crippen LogP contribution is -1.86. The van der Waals surface area contributed by atoms with Crippen molar-refractivity contribution >= 4 is 89.6 Å². The Balaban J connectivity index is 2.09. The summed E-state index contributed by atoms with van der Waals surface area (Å²) >= 11 is 25.3. The van der Waals surface area contributed by atoms with E-state index >= 15 is 0 Å². The van der Waals surface area contributed by atoms with Crippen LogP contribution in [-0.4, -0.2) is 9.13 Å². The topological polar surface area (TPSA) is 9.86 Å². The Labute approximate surface area is 152 Å². The van der Waals surface area contributed by atoms with Crippen molar-refractivity contribution in [1.29, 1.82) is 0 Å². The number of aromatic nitrogens is 2. The highest BCUT2D eigenvalue weighted by molar-refractivity contribution is 8.79. The van der Waals surface area contributed by atoms with Gasteiger partial charge < -0.3 is 9.13 Å². The van der Waals surface area contributed by atoms with Crippen molar-refractivity contribution in [3.63, 3.8) is 0 Å². The van der Waals surface area contributed by atoms with Gasteiger partial charge in [0.15, 0.2) is 0 Å². The first-order chi connectivity index (χ1) is 9.43. The normalized spacial score (nSPS) is 14.7. The van der Waals surface area contributed by atoms with Crippen molar-refractivity contribution in [2.24, 2.45) is 14.1 Å². The van der Waals surface area contributed by atoms with Crippen LogP contribution >= 0.6 is 89.6 Å². The summed E-state index contributed by atoms with van der Waals surface area (Å²) < 4.78 is 3.54. The third kappa shape index (κ3) is 2.40. The Morgan fingerprint density at radius 3 is 0.950 bits per heavy atom. The molecule has 2 nitrogen and oxygen atoms in total. The van der Waals surface area contributed by atoms with Gasteiger partial charge in [0, 0.05) is 14.1 Å². The average molecular weight is 424 g/mol. The van der Waals surface area contributed by atoms with Gasteiger partial charge in [-0.15, -0.1) is 0 Å². The molecule has 108 valence electrons. The molecule has 0 aliphatic carbocycles. The van der Waals surface area contributed by atoms with Gasteiger partial charge in [-0.1, -0.05) is 46.4 Å². The molecule has 0 aromatic carbocycles. The van der Waals surface area contributed by atoms with E-state index in [9.17, 15) is 0 Å². The lowest BCUT2D eigenvalue weighted by molar-refractivity contribution is 0.918. The Kier molecular flexibility index (Phi) is 4.77. The number of hydrogen-bond acceptors (Lipinski definition) is 4. The van der Waals surface area contributed by atoms with Crippen LogP contribution in [0.1, 0.15) is 0 Å². The molecule has 20 heavy (non-hydrogen) atoms. The summed E-state index contributed by atoms with van der Waals surface area (Å²) in [6, 6.07) is 0. The lowest BCUT2D eigenvalue weighted by Gasteiger charge is -2.09. The Bertz CT molecular complexity index is 594. The smallest absolute Gasteiger partial charge is 0.125 e. The zero-order valence-corrected chi connectivity index (χ0v) is 16.3. The molecule has 0 bridgehead atoms. The van der Waals surface area contributed by atoms with E-state index < -0.39 is 0 Å². The first-order valence-corrected chi connectivity index (χ1v) is 11.0. The molecule has 0 saturated heterocycles. The van der Waals surface area contributed by atoms with Crippen molar-refractivity contribution in [1.82, 2.24) is 9.13 Å². The molecule has 0 saturated carbocycles. The minimum atomic E-state index is 0.636. The zero-order valence-electron chi connectivity index (χ0n) is 10.0. The van der Waals surface area contributed by atoms with Crippen molar-refractivity contribution in [3.8, 4) is 0 Å². The second-order valence-electron chi connectivity index (χ2n) is 3.93. The van der Waals surface area contributed by atoms with Crippen LogP contribution in [0.2, 0.25) is 20.6 Å². The number of fused-ring (bicyclic) bond motifs is 2. The third-order valence-corrected chi connectivity index (χ3v) is 10.2. The highest BCUT2D eigenvalue weighted by atomic mass is 35.5. The van der Waals surface area contributed by atoms with Crippen LogP contribution in [0.15, 0.2) is 19.6 Å². The van der Waals surface area contributed by atoms with Crippen LogP contribution in [0.4, 0.5) is 0 Å². The molecule has 3 heterocycles. The summed E-state index contributed by atoms with van der Waals surface area (Å²) in [6.07, 6.45) is 0. The van der Waals surface area contributed by atoms with Crippen LogP contribution in [0.25, 0.3) is 0 Å². The third-order valence-electron chi connectivity index (χ3n) is 2.76. The van der Waals surface area contributed by atoms with Crippen molar-refractivity contribution in [2.45, 2.75) is 19.6 Å². The molecule has 0 unspecified atom stereocenters. The van der Waals surface area contributed by atoms with Crippen LogP contribution in [0.3, 0.4) is 0 Å². The molecule has 0 radical (unpaired) electrons. The van der Waals surface area contributed by atoms with E-state index in [0.717, 1.165) is 19.6 Å². The van der Waals surface area contributed by atoms with Gasteiger partial charge >= 0.3 is 0 Å². The average Bonchev–Trinajstić information content (AvgIpc) is 2.72. The van der Waals surface area contributed by atoms with Crippen LogP contribution in [0, 0.1) is 0 Å². The first-order valence-electron chi connectivity index (χ1n) is 5.19. The quantitative estimate of drug-likeness (QED) is 0.426. The number of hydrogen-bond donors (Lipinski definition) is 0. The standard InChI is InChI=1S/C10H6Cl4N2S4/c1-15-7(11)3-4(8(15)12)18-20-6-5(19-17-3)9(13)16(2)10(6)14/h1-2H3. The Morgan fingerprint density at radius 2 is 0.750 bits per heavy atom. The van der Waals surface area contributed by atoms with Gasteiger partial charge in [0.25, 0.3) is 0 Å². The Morgan fingerprint density at radius 1 is 0.550 bits per heavy atom. The Hall–Kier alpha value is 1.12. The molecule has 0 spiro atoms. The number of halogens is 4. The maximum Gasteiger partial charge on any atom is 0.125 e. The molecule has 0 atom stereocenters. The van der Waals surface area contributed by atoms with E-state index in [-0.39, 0.29) is 0 Å². The maximum absolute atomic E-state index is 6.32. The van der Waals surface area contributed by atoms with Gasteiger partial charge in [-0.05, 0) is 43.2 Å². The van der Waals surface area contributed by atoms with Crippen LogP contribution in [0.5, 0.6) is 0 Å². The second-order valence-corrected chi connectivity index (χ2v) is 9.66. The minimum absolute atomic E-state index is 0.636. The first kappa shape index (κ1) is 16.0. The molecule has 2 aromatic rings. The number of rotatable bonds is 0. The minimum Gasteiger partial charge on any atom is -0.324 e. The van der Waals surface area contributed by atoms with Gasteiger partial charge in [0.05, 0.1) is 19.6 Å². The fraction of sp³-hybridized carbons (Fsp3) is 0.200. The summed E-state index contributed by atoms with van der Waals surface area (Å²) in [6.45, 7) is 0. The van der Waals surface area contributed by atoms with E-state index in [2.05, 4.69) is 0 Å². The summed E-state index contributed by atoms with van der Waals surface area (Å²) in [7, 11) is 9.90. The molecular weight excluding hydrogens is 418 g/mol. The summed E-state index contributed by atoms with van der Waals surface area (Å²) in [5.74, 6) is 0. The largest absolute Gasteiger partial charge is 0.324 e. The fourth-order valence-corrected chi connectivity index (χ4v) is 9.58. The van der Waals surface area contributed by atoms with Crippen molar-refractivity contribution < 1.29 is 0 Å². The molecule has 10 heteroatoms. The predicted octanol–water partition coefficient (Wildman–Crippen LogP) is 6.89. The van der Waals surface area contributed by atoms with E-state index in [1.54, 1.807) is 52.3 Å². The molecular formula is C10H6Cl4N2S4. The molecule has 0 fully saturated rings. The van der Waals surface area contributed by atoms with Gasteiger partial charge in [0.1, 0.15) is 20.6 Å². The zero-order chi connectivity index (χ0) is 14.6. The number of nitrogens with zero attached hydrogens (tertiary/aromatic N) is 2. The fourth-order valence-electron chi connectivity index (χ4n) is 1.61. The van der Waals surface area contributed by atoms with E-state index in [0.29, 0.717) is 20.6 Å². The van der Waals surface area contributed by atoms with Crippen molar-refractivity contribution in [2.75, 3.05) is 0 Å². The van der Waals surface area contributed by atoms with Gasteiger partial charge in [0.2, 0.25) is 0 Å². The van der Waals surface area contributed by atoms with Crippen molar-refractivity contribution in [3.05, 3.63) is 20.6 Å². The molecule has 3 rings (SSSR count). The monoisotopic (exact) mass is 422 g/mol. The molecule has 2 aromatic heterocycles. The van der Waals surface area contributed by atoms with E-state index in [1.807, 2.05) is 14.1 Å². The SMILES string of the molecule is Cn1c(Cl)c2c(c1Cl)SSc1c(c(Cl)n(C)c1Cl)SS2. The summed E-state index contributed by atoms with van der Waals surface area (Å²) in [4.78, 5) is 3.85. The van der Waals surface area contributed by atoms with Gasteiger partial charge in [-0.25, -0.2) is 0 Å². The summed E-state index contributed by atoms with van der Waals surface area (Å²) in [5.41, 5.74) is 0. The lowest BCUT2D eigenvalue weighted by atomic mass is 10.6. The molecule has 0 amide bonds. The van der Waals surface area contributed by atoms with Gasteiger partial charge in [-0.3, -0.25) is 0 Å². The van der Waals surface area contributed by atoms with Gasteiger partial charge in [-0.2, -0.15) is 0 Å². The highest BCUT2D eigenvalue weighted by Gasteiger charge is 2.28. The van der Waals surface area contributed by atoms with E-state index in [1.165, 1.54) is 0 Å². The predicted molar refractivity (Wildman–Crippen MR) is 94.3 cm³/mol. The summed E-state index contributed by atoms with van der Waals surface area (Å²) in [5, 5.41) is 2.55. The molecule has 1 aliphatic heterocycles. The highest BCUT2D eigenvalue weighted by Crippen LogP contribution is 2.60. The van der Waals surface area contributed by atoms with Crippen LogP contribution < -0.4 is 0 Å². The second kappa shape index (κ2) is 5.96. The maximum atomic E-state index is 6.32. The van der Waals surface area contributed by atoms with Crippen LogP contribution in [-0.2, 0) is 14.1 Å². The molecule has 0 N–H and O–H groups in total. The molecule has 1 aliphatic rings.